The normalized spacial score (nSPS) is 19.7. The zero-order valence-corrected chi connectivity index (χ0v) is 11.5. The fourth-order valence-electron chi connectivity index (χ4n) is 1.99. The average Bonchev–Trinajstić information content (AvgIpc) is 2.39. The van der Waals surface area contributed by atoms with E-state index in [0.29, 0.717) is 16.3 Å². The molecule has 0 bridgehead atoms. The van der Waals surface area contributed by atoms with Crippen LogP contribution in [0.2, 0.25) is 5.02 Å². The van der Waals surface area contributed by atoms with E-state index in [9.17, 15) is 9.59 Å². The Balaban J connectivity index is 2.26. The fourth-order valence-corrected chi connectivity index (χ4v) is 2.18. The zero-order chi connectivity index (χ0) is 14.0. The van der Waals surface area contributed by atoms with Gasteiger partial charge in [0, 0.05) is 10.6 Å². The molecule has 1 atom stereocenters. The third kappa shape index (κ3) is 2.88. The maximum absolute atomic E-state index is 12.0. The Morgan fingerprint density at radius 1 is 1.47 bits per heavy atom. The molecule has 1 aromatic rings. The quantitative estimate of drug-likeness (QED) is 0.846. The molecule has 2 rings (SSSR count). The number of halogens is 1. The minimum atomic E-state index is -0.358. The zero-order valence-electron chi connectivity index (χ0n) is 10.8. The predicted molar refractivity (Wildman–Crippen MR) is 71.0 cm³/mol. The van der Waals surface area contributed by atoms with E-state index in [1.807, 2.05) is 0 Å². The first-order valence-corrected chi connectivity index (χ1v) is 6.30. The Bertz CT molecular complexity index is 519. The Labute approximate surface area is 116 Å². The lowest BCUT2D eigenvalue weighted by Gasteiger charge is -2.30. The number of ether oxygens (including phenoxy) is 1. The van der Waals surface area contributed by atoms with Gasteiger partial charge in [0.1, 0.15) is 5.75 Å². The molecule has 1 unspecified atom stereocenters. The first-order valence-electron chi connectivity index (χ1n) is 5.93. The van der Waals surface area contributed by atoms with Gasteiger partial charge in [0.05, 0.1) is 26.2 Å². The van der Waals surface area contributed by atoms with Gasteiger partial charge < -0.3 is 4.74 Å². The van der Waals surface area contributed by atoms with Gasteiger partial charge >= 0.3 is 0 Å². The van der Waals surface area contributed by atoms with Crippen molar-refractivity contribution in [1.29, 1.82) is 0 Å². The van der Waals surface area contributed by atoms with Crippen molar-refractivity contribution in [2.75, 3.05) is 13.7 Å². The molecule has 1 saturated heterocycles. The summed E-state index contributed by atoms with van der Waals surface area (Å²) in [6, 6.07) is 4.77. The summed E-state index contributed by atoms with van der Waals surface area (Å²) in [6.07, 6.45) is 0. The number of piperazine rings is 1. The van der Waals surface area contributed by atoms with E-state index in [-0.39, 0.29) is 30.9 Å². The van der Waals surface area contributed by atoms with Gasteiger partial charge in [-0.2, -0.15) is 0 Å². The molecular weight excluding hydrogens is 268 g/mol. The van der Waals surface area contributed by atoms with Gasteiger partial charge in [-0.25, -0.2) is 0 Å². The smallest absolute Gasteiger partial charge is 0.246 e. The second-order valence-electron chi connectivity index (χ2n) is 4.38. The van der Waals surface area contributed by atoms with Gasteiger partial charge in [-0.3, -0.25) is 19.8 Å². The molecule has 1 aliphatic rings. The molecule has 0 aromatic heterocycles. The first kappa shape index (κ1) is 13.8. The number of benzene rings is 1. The molecule has 0 aliphatic carbocycles. The highest BCUT2D eigenvalue weighted by molar-refractivity contribution is 6.30. The molecule has 1 N–H and O–H groups in total. The van der Waals surface area contributed by atoms with Crippen LogP contribution in [-0.2, 0) is 16.1 Å². The molecular formula is C13H15ClN2O3. The molecule has 0 spiro atoms. The van der Waals surface area contributed by atoms with Crippen LogP contribution in [0.3, 0.4) is 0 Å². The summed E-state index contributed by atoms with van der Waals surface area (Å²) in [5, 5.41) is 3.38. The third-order valence-electron chi connectivity index (χ3n) is 3.07. The van der Waals surface area contributed by atoms with Crippen LogP contribution in [-0.4, -0.2) is 36.4 Å². The maximum Gasteiger partial charge on any atom is 0.246 e. The van der Waals surface area contributed by atoms with Crippen molar-refractivity contribution in [2.24, 2.45) is 0 Å². The molecule has 1 aromatic carbocycles. The largest absolute Gasteiger partial charge is 0.496 e. The molecule has 6 heteroatoms. The van der Waals surface area contributed by atoms with Gasteiger partial charge in [0.25, 0.3) is 0 Å². The number of rotatable bonds is 3. The van der Waals surface area contributed by atoms with Crippen LogP contribution in [0.25, 0.3) is 0 Å². The second kappa shape index (κ2) is 5.59. The summed E-state index contributed by atoms with van der Waals surface area (Å²) in [6.45, 7) is 2.07. The van der Waals surface area contributed by atoms with E-state index >= 15 is 0 Å². The van der Waals surface area contributed by atoms with E-state index in [1.54, 1.807) is 25.1 Å². The summed E-state index contributed by atoms with van der Waals surface area (Å²) in [7, 11) is 1.54. The lowest BCUT2D eigenvalue weighted by atomic mass is 10.1. The van der Waals surface area contributed by atoms with Crippen LogP contribution >= 0.6 is 11.6 Å². The number of nitrogens with zero attached hydrogens (tertiary/aromatic N) is 1. The molecule has 0 radical (unpaired) electrons. The monoisotopic (exact) mass is 282 g/mol. The number of amides is 2. The average molecular weight is 283 g/mol. The lowest BCUT2D eigenvalue weighted by Crippen LogP contribution is -2.56. The summed E-state index contributed by atoms with van der Waals surface area (Å²) in [4.78, 5) is 25.0. The highest BCUT2D eigenvalue weighted by Crippen LogP contribution is 2.24. The van der Waals surface area contributed by atoms with Gasteiger partial charge in [-0.1, -0.05) is 11.6 Å². The van der Waals surface area contributed by atoms with Crippen molar-refractivity contribution in [2.45, 2.75) is 19.5 Å². The van der Waals surface area contributed by atoms with Gasteiger partial charge in [-0.15, -0.1) is 0 Å². The van der Waals surface area contributed by atoms with Gasteiger partial charge in [-0.05, 0) is 25.1 Å². The maximum atomic E-state index is 12.0. The number of nitrogens with one attached hydrogen (secondary N) is 1. The van der Waals surface area contributed by atoms with Crippen LogP contribution in [0, 0.1) is 0 Å². The van der Waals surface area contributed by atoms with Crippen LogP contribution in [0.15, 0.2) is 18.2 Å². The van der Waals surface area contributed by atoms with Crippen molar-refractivity contribution in [3.63, 3.8) is 0 Å². The molecule has 1 heterocycles. The molecule has 102 valence electrons. The van der Waals surface area contributed by atoms with Crippen LogP contribution in [0.4, 0.5) is 0 Å². The van der Waals surface area contributed by atoms with E-state index in [4.69, 9.17) is 16.3 Å². The number of carbonyl (C=O) groups excluding carboxylic acids is 2. The highest BCUT2D eigenvalue weighted by atomic mass is 35.5. The number of carbonyl (C=O) groups is 2. The standard InChI is InChI=1S/C13H15ClN2O3/c1-8-13(18)16(12(17)6-15-8)7-9-5-10(14)3-4-11(9)19-2/h3-5,8,15H,6-7H2,1-2H3. The molecule has 2 amide bonds. The minimum absolute atomic E-state index is 0.162. The number of hydrogen-bond donors (Lipinski definition) is 1. The predicted octanol–water partition coefficient (Wildman–Crippen LogP) is 1.20. The number of hydrogen-bond acceptors (Lipinski definition) is 4. The van der Waals surface area contributed by atoms with Crippen LogP contribution < -0.4 is 10.1 Å². The van der Waals surface area contributed by atoms with E-state index in [0.717, 1.165) is 0 Å². The van der Waals surface area contributed by atoms with Crippen molar-refractivity contribution in [3.8, 4) is 5.75 Å². The van der Waals surface area contributed by atoms with E-state index in [1.165, 1.54) is 12.0 Å². The van der Waals surface area contributed by atoms with Crippen LogP contribution in [0.5, 0.6) is 5.75 Å². The molecule has 1 aliphatic heterocycles. The number of imide groups is 1. The topological polar surface area (TPSA) is 58.6 Å². The summed E-state index contributed by atoms with van der Waals surface area (Å²) >= 11 is 5.94. The van der Waals surface area contributed by atoms with E-state index in [2.05, 4.69) is 5.32 Å². The van der Waals surface area contributed by atoms with Gasteiger partial charge in [0.15, 0.2) is 0 Å². The SMILES string of the molecule is COc1ccc(Cl)cc1CN1C(=O)CNC(C)C1=O. The molecule has 1 fully saturated rings. The summed E-state index contributed by atoms with van der Waals surface area (Å²) in [5.74, 6) is 0.125. The van der Waals surface area contributed by atoms with Crippen molar-refractivity contribution in [1.82, 2.24) is 10.2 Å². The minimum Gasteiger partial charge on any atom is -0.496 e. The van der Waals surface area contributed by atoms with Crippen molar-refractivity contribution >= 4 is 23.4 Å². The molecule has 0 saturated carbocycles. The summed E-state index contributed by atoms with van der Waals surface area (Å²) in [5.41, 5.74) is 0.714. The summed E-state index contributed by atoms with van der Waals surface area (Å²) < 4.78 is 5.22. The van der Waals surface area contributed by atoms with Gasteiger partial charge in [0.2, 0.25) is 11.8 Å². The van der Waals surface area contributed by atoms with Crippen LogP contribution in [0.1, 0.15) is 12.5 Å². The third-order valence-corrected chi connectivity index (χ3v) is 3.30. The fraction of sp³-hybridized carbons (Fsp3) is 0.385. The first-order chi connectivity index (χ1) is 9.02. The Morgan fingerprint density at radius 2 is 2.21 bits per heavy atom. The Morgan fingerprint density at radius 3 is 2.89 bits per heavy atom. The molecule has 5 nitrogen and oxygen atoms in total. The lowest BCUT2D eigenvalue weighted by molar-refractivity contribution is -0.149. The number of methoxy groups -OCH3 is 1. The Hall–Kier alpha value is -1.59. The van der Waals surface area contributed by atoms with E-state index < -0.39 is 0 Å². The second-order valence-corrected chi connectivity index (χ2v) is 4.81. The van der Waals surface area contributed by atoms with Crippen molar-refractivity contribution in [3.05, 3.63) is 28.8 Å². The Kier molecular flexibility index (Phi) is 4.07. The van der Waals surface area contributed by atoms with Crippen molar-refractivity contribution < 1.29 is 14.3 Å². The molecule has 19 heavy (non-hydrogen) atoms. The highest BCUT2D eigenvalue weighted by Gasteiger charge is 2.31.